The third-order valence-corrected chi connectivity index (χ3v) is 3.06. The minimum absolute atomic E-state index is 0.310. The topological polar surface area (TPSA) is 17.1 Å². The number of ketones is 1. The fourth-order valence-electron chi connectivity index (χ4n) is 2.18. The van der Waals surface area contributed by atoms with Crippen LogP contribution in [0.25, 0.3) is 11.1 Å². The van der Waals surface area contributed by atoms with Crippen LogP contribution in [0.4, 0.5) is 8.78 Å². The summed E-state index contributed by atoms with van der Waals surface area (Å²) < 4.78 is 26.5. The predicted octanol–water partition coefficient (Wildman–Crippen LogP) is 3.48. The number of fused-ring (bicyclic) bond motifs is 3. The minimum Gasteiger partial charge on any atom is -0.289 e. The molecule has 0 saturated carbocycles. The first-order chi connectivity index (χ1) is 8.08. The molecule has 17 heavy (non-hydrogen) atoms. The van der Waals surface area contributed by atoms with Gasteiger partial charge in [0.15, 0.2) is 5.78 Å². The molecule has 0 fully saturated rings. The van der Waals surface area contributed by atoms with Crippen LogP contribution in [0.3, 0.4) is 0 Å². The van der Waals surface area contributed by atoms with Crippen molar-refractivity contribution in [2.75, 3.05) is 0 Å². The second-order valence-corrected chi connectivity index (χ2v) is 4.17. The number of hydrogen-bond donors (Lipinski definition) is 0. The molecule has 0 unspecified atom stereocenters. The molecule has 0 saturated heterocycles. The molecular formula is C14H8F2O. The van der Waals surface area contributed by atoms with E-state index in [4.69, 9.17) is 0 Å². The van der Waals surface area contributed by atoms with Crippen molar-refractivity contribution in [1.29, 1.82) is 0 Å². The van der Waals surface area contributed by atoms with Gasteiger partial charge in [0.25, 0.3) is 0 Å². The Hall–Kier alpha value is -2.03. The largest absolute Gasteiger partial charge is 0.289 e. The zero-order valence-corrected chi connectivity index (χ0v) is 9.05. The van der Waals surface area contributed by atoms with Gasteiger partial charge in [-0.1, -0.05) is 6.07 Å². The van der Waals surface area contributed by atoms with Crippen LogP contribution in [0.5, 0.6) is 0 Å². The highest BCUT2D eigenvalue weighted by molar-refractivity contribution is 6.21. The van der Waals surface area contributed by atoms with Crippen LogP contribution in [-0.4, -0.2) is 5.78 Å². The molecule has 0 N–H and O–H groups in total. The highest BCUT2D eigenvalue weighted by Gasteiger charge is 2.27. The molecule has 3 heteroatoms. The number of benzene rings is 2. The van der Waals surface area contributed by atoms with E-state index in [9.17, 15) is 13.6 Å². The summed E-state index contributed by atoms with van der Waals surface area (Å²) in [6, 6.07) is 6.92. The normalized spacial score (nSPS) is 12.5. The zero-order chi connectivity index (χ0) is 12.2. The number of carbonyl (C=O) groups is 1. The summed E-state index contributed by atoms with van der Waals surface area (Å²) in [6.45, 7) is 1.64. The lowest BCUT2D eigenvalue weighted by atomic mass is 10.0. The Kier molecular flexibility index (Phi) is 1.93. The lowest BCUT2D eigenvalue weighted by Crippen LogP contribution is -1.96. The van der Waals surface area contributed by atoms with E-state index in [1.807, 2.05) is 0 Å². The van der Waals surface area contributed by atoms with Crippen molar-refractivity contribution in [2.24, 2.45) is 0 Å². The maximum Gasteiger partial charge on any atom is 0.194 e. The van der Waals surface area contributed by atoms with Crippen molar-refractivity contribution in [3.63, 3.8) is 0 Å². The van der Waals surface area contributed by atoms with Crippen LogP contribution in [-0.2, 0) is 0 Å². The van der Waals surface area contributed by atoms with Gasteiger partial charge in [0, 0.05) is 11.1 Å². The smallest absolute Gasteiger partial charge is 0.194 e. The van der Waals surface area contributed by atoms with E-state index >= 15 is 0 Å². The van der Waals surface area contributed by atoms with Gasteiger partial charge in [-0.15, -0.1) is 0 Å². The van der Waals surface area contributed by atoms with Crippen molar-refractivity contribution < 1.29 is 13.6 Å². The molecule has 3 rings (SSSR count). The van der Waals surface area contributed by atoms with Crippen LogP contribution in [0.15, 0.2) is 30.3 Å². The van der Waals surface area contributed by atoms with Gasteiger partial charge in [0.2, 0.25) is 0 Å². The molecule has 0 heterocycles. The Labute approximate surface area is 96.7 Å². The van der Waals surface area contributed by atoms with Gasteiger partial charge in [0.1, 0.15) is 11.6 Å². The fraction of sp³-hybridized carbons (Fsp3) is 0.0714. The minimum atomic E-state index is -0.456. The molecule has 2 aromatic carbocycles. The van der Waals surface area contributed by atoms with E-state index in [-0.39, 0.29) is 5.78 Å². The number of carbonyl (C=O) groups excluding carboxylic acids is 1. The zero-order valence-electron chi connectivity index (χ0n) is 9.05. The summed E-state index contributed by atoms with van der Waals surface area (Å²) >= 11 is 0. The van der Waals surface area contributed by atoms with Crippen molar-refractivity contribution in [1.82, 2.24) is 0 Å². The highest BCUT2D eigenvalue weighted by atomic mass is 19.1. The maximum atomic E-state index is 13.4. The molecule has 0 spiro atoms. The number of halogens is 2. The Morgan fingerprint density at radius 2 is 1.59 bits per heavy atom. The predicted molar refractivity (Wildman–Crippen MR) is 60.0 cm³/mol. The molecule has 0 aliphatic heterocycles. The highest BCUT2D eigenvalue weighted by Crippen LogP contribution is 2.37. The van der Waals surface area contributed by atoms with Gasteiger partial charge in [0.05, 0.1) is 0 Å². The molecule has 0 bridgehead atoms. The quantitative estimate of drug-likeness (QED) is 0.577. The lowest BCUT2D eigenvalue weighted by Gasteiger charge is -2.02. The van der Waals surface area contributed by atoms with E-state index in [0.717, 1.165) is 0 Å². The van der Waals surface area contributed by atoms with Crippen molar-refractivity contribution in [3.05, 3.63) is 58.7 Å². The number of hydrogen-bond acceptors (Lipinski definition) is 1. The van der Waals surface area contributed by atoms with Gasteiger partial charge in [-0.3, -0.25) is 4.79 Å². The summed E-state index contributed by atoms with van der Waals surface area (Å²) in [5.74, 6) is -1.18. The van der Waals surface area contributed by atoms with E-state index in [2.05, 4.69) is 0 Å². The third-order valence-electron chi connectivity index (χ3n) is 3.06. The first-order valence-electron chi connectivity index (χ1n) is 5.22. The maximum absolute atomic E-state index is 13.4. The van der Waals surface area contributed by atoms with E-state index < -0.39 is 11.6 Å². The summed E-state index contributed by atoms with van der Waals surface area (Å²) in [4.78, 5) is 12.0. The summed E-state index contributed by atoms with van der Waals surface area (Å²) in [5.41, 5.74) is 2.46. The van der Waals surface area contributed by atoms with Crippen LogP contribution in [0.1, 0.15) is 21.5 Å². The molecule has 1 nitrogen and oxygen atoms in total. The molecule has 84 valence electrons. The average molecular weight is 230 g/mol. The molecule has 0 radical (unpaired) electrons. The Bertz CT molecular complexity index is 660. The van der Waals surface area contributed by atoms with Crippen LogP contribution in [0, 0.1) is 18.6 Å². The molecule has 0 aromatic heterocycles. The van der Waals surface area contributed by atoms with Gasteiger partial charge < -0.3 is 0 Å². The van der Waals surface area contributed by atoms with E-state index in [1.54, 1.807) is 19.1 Å². The third kappa shape index (κ3) is 1.32. The van der Waals surface area contributed by atoms with Gasteiger partial charge in [-0.05, 0) is 47.9 Å². The summed E-state index contributed by atoms with van der Waals surface area (Å²) in [6.07, 6.45) is 0. The first-order valence-corrected chi connectivity index (χ1v) is 5.22. The SMILES string of the molecule is Cc1cc2c(cc1F)C(=O)c1cc(F)ccc1-2. The number of aryl methyl sites for hydroxylation is 1. The molecule has 1 aliphatic carbocycles. The van der Waals surface area contributed by atoms with Gasteiger partial charge in [-0.25, -0.2) is 8.78 Å². The molecule has 1 aliphatic rings. The van der Waals surface area contributed by atoms with E-state index in [1.165, 1.54) is 18.2 Å². The second-order valence-electron chi connectivity index (χ2n) is 4.17. The van der Waals surface area contributed by atoms with Gasteiger partial charge in [-0.2, -0.15) is 0 Å². The Morgan fingerprint density at radius 3 is 2.35 bits per heavy atom. The summed E-state index contributed by atoms with van der Waals surface area (Å²) in [7, 11) is 0. The van der Waals surface area contributed by atoms with Crippen molar-refractivity contribution in [3.8, 4) is 11.1 Å². The monoisotopic (exact) mass is 230 g/mol. The van der Waals surface area contributed by atoms with Crippen LogP contribution >= 0.6 is 0 Å². The average Bonchev–Trinajstić information content (AvgIpc) is 2.54. The molecule has 2 aromatic rings. The second kappa shape index (κ2) is 3.23. The van der Waals surface area contributed by atoms with Crippen LogP contribution in [0.2, 0.25) is 0 Å². The summed E-state index contributed by atoms with van der Waals surface area (Å²) in [5, 5.41) is 0. The van der Waals surface area contributed by atoms with Crippen LogP contribution < -0.4 is 0 Å². The van der Waals surface area contributed by atoms with Gasteiger partial charge >= 0.3 is 0 Å². The molecule has 0 atom stereocenters. The molecule has 0 amide bonds. The van der Waals surface area contributed by atoms with Crippen molar-refractivity contribution >= 4 is 5.78 Å². The molecular weight excluding hydrogens is 222 g/mol. The standard InChI is InChI=1S/C14H8F2O/c1-7-4-10-9-3-2-8(15)5-11(9)14(17)12(10)6-13(7)16/h2-6H,1H3. The van der Waals surface area contributed by atoms with Crippen molar-refractivity contribution in [2.45, 2.75) is 6.92 Å². The lowest BCUT2D eigenvalue weighted by molar-refractivity contribution is 0.104. The fourth-order valence-corrected chi connectivity index (χ4v) is 2.18. The Morgan fingerprint density at radius 1 is 0.882 bits per heavy atom. The first kappa shape index (κ1) is 10.1. The van der Waals surface area contributed by atoms with E-state index in [0.29, 0.717) is 27.8 Å². The number of rotatable bonds is 0. The Balaban J connectivity index is 2.35.